The lowest BCUT2D eigenvalue weighted by atomic mass is 10.1. The lowest BCUT2D eigenvalue weighted by Crippen LogP contribution is -2.14. The van der Waals surface area contributed by atoms with Gasteiger partial charge in [-0.3, -0.25) is 9.89 Å². The van der Waals surface area contributed by atoms with E-state index in [-0.39, 0.29) is 5.91 Å². The highest BCUT2D eigenvalue weighted by molar-refractivity contribution is 5.91. The Kier molecular flexibility index (Phi) is 3.07. The zero-order valence-electron chi connectivity index (χ0n) is 10.9. The summed E-state index contributed by atoms with van der Waals surface area (Å²) in [5, 5.41) is 9.92. The minimum Gasteiger partial charge on any atom is -0.309 e. The second-order valence-corrected chi connectivity index (χ2v) is 5.19. The lowest BCUT2D eigenvalue weighted by molar-refractivity contribution is -0.115. The molecule has 19 heavy (non-hydrogen) atoms. The van der Waals surface area contributed by atoms with Gasteiger partial charge in [-0.05, 0) is 25.3 Å². The highest BCUT2D eigenvalue weighted by Gasteiger charge is 2.25. The number of hydrogen-bond donors (Lipinski definition) is 2. The highest BCUT2D eigenvalue weighted by atomic mass is 16.1. The van der Waals surface area contributed by atoms with Crippen molar-refractivity contribution in [2.45, 2.75) is 32.1 Å². The summed E-state index contributed by atoms with van der Waals surface area (Å²) in [4.78, 5) is 11.9. The molecule has 1 aromatic carbocycles. The Labute approximate surface area is 112 Å². The summed E-state index contributed by atoms with van der Waals surface area (Å²) in [6.45, 7) is 2.03. The topological polar surface area (TPSA) is 57.8 Å². The van der Waals surface area contributed by atoms with Gasteiger partial charge in [0.2, 0.25) is 5.91 Å². The first-order valence-corrected chi connectivity index (χ1v) is 6.61. The Morgan fingerprint density at radius 2 is 2.11 bits per heavy atom. The molecule has 1 aliphatic carbocycles. The Morgan fingerprint density at radius 1 is 1.37 bits per heavy atom. The maximum atomic E-state index is 11.9. The van der Waals surface area contributed by atoms with Gasteiger partial charge >= 0.3 is 0 Å². The average Bonchev–Trinajstić information content (AvgIpc) is 3.14. The minimum absolute atomic E-state index is 0.0299. The lowest BCUT2D eigenvalue weighted by Gasteiger charge is -2.02. The predicted molar refractivity (Wildman–Crippen MR) is 74.1 cm³/mol. The van der Waals surface area contributed by atoms with E-state index in [0.29, 0.717) is 18.2 Å². The molecule has 2 aromatic rings. The summed E-state index contributed by atoms with van der Waals surface area (Å²) in [7, 11) is 0. The molecule has 0 saturated heterocycles. The van der Waals surface area contributed by atoms with Crippen molar-refractivity contribution >= 4 is 11.7 Å². The van der Waals surface area contributed by atoms with Crippen LogP contribution in [-0.2, 0) is 11.2 Å². The van der Waals surface area contributed by atoms with E-state index in [1.54, 1.807) is 0 Å². The molecular formula is C15H17N3O. The third-order valence-corrected chi connectivity index (χ3v) is 3.37. The van der Waals surface area contributed by atoms with Crippen LogP contribution in [0.5, 0.6) is 0 Å². The molecular weight excluding hydrogens is 238 g/mol. The van der Waals surface area contributed by atoms with E-state index in [9.17, 15) is 4.79 Å². The Morgan fingerprint density at radius 3 is 2.79 bits per heavy atom. The van der Waals surface area contributed by atoms with Crippen LogP contribution < -0.4 is 5.32 Å². The molecule has 0 unspecified atom stereocenters. The van der Waals surface area contributed by atoms with Crippen LogP contribution in [0.4, 0.5) is 5.82 Å². The molecule has 0 aliphatic heterocycles. The van der Waals surface area contributed by atoms with Crippen molar-refractivity contribution in [1.82, 2.24) is 10.2 Å². The van der Waals surface area contributed by atoms with E-state index in [1.807, 2.05) is 37.3 Å². The first-order chi connectivity index (χ1) is 9.20. The predicted octanol–water partition coefficient (Wildman–Crippen LogP) is 2.78. The molecule has 4 heteroatoms. The maximum Gasteiger partial charge on any atom is 0.229 e. The van der Waals surface area contributed by atoms with Crippen LogP contribution in [-0.4, -0.2) is 16.1 Å². The number of nitrogens with zero attached hydrogens (tertiary/aromatic N) is 1. The van der Waals surface area contributed by atoms with Gasteiger partial charge in [-0.25, -0.2) is 0 Å². The molecule has 98 valence electrons. The summed E-state index contributed by atoms with van der Waals surface area (Å²) in [6.07, 6.45) is 2.82. The van der Waals surface area contributed by atoms with Crippen molar-refractivity contribution in [2.24, 2.45) is 0 Å². The Balaban J connectivity index is 1.59. The largest absolute Gasteiger partial charge is 0.309 e. The number of amides is 1. The van der Waals surface area contributed by atoms with Crippen molar-refractivity contribution in [3.8, 4) is 0 Å². The molecule has 0 radical (unpaired) electrons. The van der Waals surface area contributed by atoms with Crippen LogP contribution >= 0.6 is 0 Å². The molecule has 1 amide bonds. The van der Waals surface area contributed by atoms with Gasteiger partial charge in [0.1, 0.15) is 0 Å². The van der Waals surface area contributed by atoms with Crippen molar-refractivity contribution in [3.05, 3.63) is 47.2 Å². The number of anilines is 1. The van der Waals surface area contributed by atoms with Gasteiger partial charge in [0.05, 0.1) is 6.42 Å². The SMILES string of the molecule is Cc1ccc(CC(=O)Nc2cc(C3CC3)[nH]n2)cc1. The zero-order valence-corrected chi connectivity index (χ0v) is 10.9. The summed E-state index contributed by atoms with van der Waals surface area (Å²) >= 11 is 0. The quantitative estimate of drug-likeness (QED) is 0.882. The van der Waals surface area contributed by atoms with E-state index in [0.717, 1.165) is 11.3 Å². The molecule has 1 aliphatic rings. The normalized spacial score (nSPS) is 14.4. The number of aryl methyl sites for hydroxylation is 1. The van der Waals surface area contributed by atoms with Crippen LogP contribution in [0.3, 0.4) is 0 Å². The number of aromatic amines is 1. The van der Waals surface area contributed by atoms with E-state index in [4.69, 9.17) is 0 Å². The molecule has 4 nitrogen and oxygen atoms in total. The van der Waals surface area contributed by atoms with Crippen LogP contribution in [0.15, 0.2) is 30.3 Å². The summed E-state index contributed by atoms with van der Waals surface area (Å²) in [5.74, 6) is 1.21. The summed E-state index contributed by atoms with van der Waals surface area (Å²) in [5.41, 5.74) is 3.34. The highest BCUT2D eigenvalue weighted by Crippen LogP contribution is 2.39. The number of aromatic nitrogens is 2. The number of carbonyl (C=O) groups is 1. The second-order valence-electron chi connectivity index (χ2n) is 5.19. The monoisotopic (exact) mass is 255 g/mol. The average molecular weight is 255 g/mol. The van der Waals surface area contributed by atoms with Crippen molar-refractivity contribution in [3.63, 3.8) is 0 Å². The van der Waals surface area contributed by atoms with Crippen molar-refractivity contribution in [1.29, 1.82) is 0 Å². The van der Waals surface area contributed by atoms with Gasteiger partial charge in [-0.1, -0.05) is 29.8 Å². The Hall–Kier alpha value is -2.10. The minimum atomic E-state index is -0.0299. The third kappa shape index (κ3) is 3.02. The maximum absolute atomic E-state index is 11.9. The second kappa shape index (κ2) is 4.88. The number of carbonyl (C=O) groups excluding carboxylic acids is 1. The summed E-state index contributed by atoms with van der Waals surface area (Å²) in [6, 6.07) is 9.93. The first kappa shape index (κ1) is 12.0. The molecule has 3 rings (SSSR count). The number of H-pyrrole nitrogens is 1. The van der Waals surface area contributed by atoms with Gasteiger partial charge in [-0.2, -0.15) is 5.10 Å². The fraction of sp³-hybridized carbons (Fsp3) is 0.333. The van der Waals surface area contributed by atoms with E-state index in [2.05, 4.69) is 15.5 Å². The van der Waals surface area contributed by atoms with Crippen LogP contribution in [0.1, 0.15) is 35.6 Å². The third-order valence-electron chi connectivity index (χ3n) is 3.37. The molecule has 0 atom stereocenters. The van der Waals surface area contributed by atoms with E-state index in [1.165, 1.54) is 18.4 Å². The number of benzene rings is 1. The molecule has 1 saturated carbocycles. The number of hydrogen-bond acceptors (Lipinski definition) is 2. The van der Waals surface area contributed by atoms with Crippen LogP contribution in [0, 0.1) is 6.92 Å². The van der Waals surface area contributed by atoms with Gasteiger partial charge < -0.3 is 5.32 Å². The van der Waals surface area contributed by atoms with Crippen molar-refractivity contribution < 1.29 is 4.79 Å². The van der Waals surface area contributed by atoms with Crippen molar-refractivity contribution in [2.75, 3.05) is 5.32 Å². The molecule has 2 N–H and O–H groups in total. The zero-order chi connectivity index (χ0) is 13.2. The van der Waals surface area contributed by atoms with Gasteiger partial charge in [0.15, 0.2) is 5.82 Å². The molecule has 1 fully saturated rings. The molecule has 0 spiro atoms. The molecule has 1 aromatic heterocycles. The fourth-order valence-corrected chi connectivity index (χ4v) is 2.08. The van der Waals surface area contributed by atoms with Gasteiger partial charge in [0.25, 0.3) is 0 Å². The standard InChI is InChI=1S/C15H17N3O/c1-10-2-4-11(5-3-10)8-15(19)16-14-9-13(17-18-14)12-6-7-12/h2-5,9,12H,6-8H2,1H3,(H2,16,17,18,19). The van der Waals surface area contributed by atoms with Gasteiger partial charge in [-0.15, -0.1) is 0 Å². The van der Waals surface area contributed by atoms with Gasteiger partial charge in [0, 0.05) is 17.7 Å². The van der Waals surface area contributed by atoms with E-state index >= 15 is 0 Å². The molecule has 1 heterocycles. The number of rotatable bonds is 4. The smallest absolute Gasteiger partial charge is 0.229 e. The Bertz CT molecular complexity index is 582. The summed E-state index contributed by atoms with van der Waals surface area (Å²) < 4.78 is 0. The number of nitrogens with one attached hydrogen (secondary N) is 2. The molecule has 0 bridgehead atoms. The van der Waals surface area contributed by atoms with Crippen LogP contribution in [0.2, 0.25) is 0 Å². The van der Waals surface area contributed by atoms with Crippen LogP contribution in [0.25, 0.3) is 0 Å². The fourth-order valence-electron chi connectivity index (χ4n) is 2.08. The first-order valence-electron chi connectivity index (χ1n) is 6.61. The van der Waals surface area contributed by atoms with E-state index < -0.39 is 0 Å².